The maximum atomic E-state index is 12.6. The minimum atomic E-state index is -0.605. The second-order valence-electron chi connectivity index (χ2n) is 3.74. The first-order valence-corrected chi connectivity index (χ1v) is 5.54. The van der Waals surface area contributed by atoms with Crippen molar-refractivity contribution in [2.45, 2.75) is 0 Å². The van der Waals surface area contributed by atoms with E-state index in [1.165, 1.54) is 12.3 Å². The number of nitrogens with zero attached hydrogens (tertiary/aromatic N) is 1. The standard InChI is InChI=1S/C13H12FN3O2/c14-12-6-5-9(7-16-12)17-13(18)8-19-11-4-2-1-3-10(11)15/h1-7H,8,15H2,(H,17,18). The third-order valence-corrected chi connectivity index (χ3v) is 2.29. The fourth-order valence-electron chi connectivity index (χ4n) is 1.40. The largest absolute Gasteiger partial charge is 0.482 e. The highest BCUT2D eigenvalue weighted by atomic mass is 19.1. The number of halogens is 1. The number of para-hydroxylation sites is 2. The topological polar surface area (TPSA) is 77.2 Å². The van der Waals surface area contributed by atoms with Gasteiger partial charge in [0.15, 0.2) is 6.61 Å². The lowest BCUT2D eigenvalue weighted by Gasteiger charge is -2.08. The van der Waals surface area contributed by atoms with E-state index >= 15 is 0 Å². The van der Waals surface area contributed by atoms with Gasteiger partial charge < -0.3 is 15.8 Å². The van der Waals surface area contributed by atoms with Crippen molar-refractivity contribution in [1.82, 2.24) is 4.98 Å². The monoisotopic (exact) mass is 261 g/mol. The van der Waals surface area contributed by atoms with E-state index in [9.17, 15) is 9.18 Å². The molecule has 0 aliphatic heterocycles. The van der Waals surface area contributed by atoms with Crippen LogP contribution < -0.4 is 15.8 Å². The van der Waals surface area contributed by atoms with E-state index in [0.717, 1.165) is 6.07 Å². The van der Waals surface area contributed by atoms with Gasteiger partial charge in [0.05, 0.1) is 17.6 Å². The Morgan fingerprint density at radius 2 is 2.11 bits per heavy atom. The van der Waals surface area contributed by atoms with Crippen molar-refractivity contribution in [1.29, 1.82) is 0 Å². The van der Waals surface area contributed by atoms with Gasteiger partial charge in [-0.2, -0.15) is 4.39 Å². The maximum Gasteiger partial charge on any atom is 0.262 e. The minimum Gasteiger partial charge on any atom is -0.482 e. The van der Waals surface area contributed by atoms with Crippen LogP contribution in [0.3, 0.4) is 0 Å². The first kappa shape index (κ1) is 12.8. The van der Waals surface area contributed by atoms with Gasteiger partial charge >= 0.3 is 0 Å². The molecule has 2 rings (SSSR count). The number of anilines is 2. The number of nitrogens with two attached hydrogens (primary N) is 1. The number of rotatable bonds is 4. The summed E-state index contributed by atoms with van der Waals surface area (Å²) < 4.78 is 17.8. The van der Waals surface area contributed by atoms with E-state index in [0.29, 0.717) is 17.1 Å². The number of nitrogens with one attached hydrogen (secondary N) is 1. The van der Waals surface area contributed by atoms with Gasteiger partial charge in [0.2, 0.25) is 5.95 Å². The molecule has 1 heterocycles. The second-order valence-corrected chi connectivity index (χ2v) is 3.74. The molecular weight excluding hydrogens is 249 g/mol. The van der Waals surface area contributed by atoms with Crippen LogP contribution in [0.1, 0.15) is 0 Å². The molecule has 0 saturated carbocycles. The van der Waals surface area contributed by atoms with Gasteiger partial charge in [0, 0.05) is 0 Å². The van der Waals surface area contributed by atoms with Crippen LogP contribution in [0.15, 0.2) is 42.6 Å². The molecule has 5 nitrogen and oxygen atoms in total. The second kappa shape index (κ2) is 5.81. The van der Waals surface area contributed by atoms with E-state index in [4.69, 9.17) is 10.5 Å². The summed E-state index contributed by atoms with van der Waals surface area (Å²) in [6.45, 7) is -0.189. The molecule has 1 amide bonds. The number of ether oxygens (including phenoxy) is 1. The van der Waals surface area contributed by atoms with Gasteiger partial charge in [0.1, 0.15) is 5.75 Å². The van der Waals surface area contributed by atoms with E-state index in [1.807, 2.05) is 0 Å². The molecule has 0 saturated heterocycles. The SMILES string of the molecule is Nc1ccccc1OCC(=O)Nc1ccc(F)nc1. The van der Waals surface area contributed by atoms with Gasteiger partial charge in [-0.1, -0.05) is 12.1 Å². The Balaban J connectivity index is 1.88. The molecule has 2 aromatic rings. The number of benzene rings is 1. The Morgan fingerprint density at radius 1 is 1.32 bits per heavy atom. The number of hydrogen-bond donors (Lipinski definition) is 2. The van der Waals surface area contributed by atoms with E-state index < -0.39 is 5.95 Å². The van der Waals surface area contributed by atoms with Gasteiger partial charge in [-0.25, -0.2) is 4.98 Å². The summed E-state index contributed by atoms with van der Waals surface area (Å²) in [6, 6.07) is 9.45. The van der Waals surface area contributed by atoms with Gasteiger partial charge in [-0.3, -0.25) is 4.79 Å². The zero-order valence-corrected chi connectivity index (χ0v) is 9.97. The Hall–Kier alpha value is -2.63. The summed E-state index contributed by atoms with van der Waals surface area (Å²) in [4.78, 5) is 15.0. The summed E-state index contributed by atoms with van der Waals surface area (Å²) in [5.74, 6) is -0.544. The fourth-order valence-corrected chi connectivity index (χ4v) is 1.40. The quantitative estimate of drug-likeness (QED) is 0.650. The molecule has 1 aromatic carbocycles. The normalized spacial score (nSPS) is 9.95. The highest BCUT2D eigenvalue weighted by molar-refractivity contribution is 5.91. The molecule has 0 aliphatic carbocycles. The summed E-state index contributed by atoms with van der Waals surface area (Å²) in [5.41, 5.74) is 6.52. The number of nitrogen functional groups attached to an aromatic ring is 1. The highest BCUT2D eigenvalue weighted by Crippen LogP contribution is 2.19. The molecule has 0 radical (unpaired) electrons. The molecule has 1 aromatic heterocycles. The number of amides is 1. The van der Waals surface area contributed by atoms with Crippen LogP contribution in [0, 0.1) is 5.95 Å². The zero-order chi connectivity index (χ0) is 13.7. The average Bonchev–Trinajstić information content (AvgIpc) is 2.40. The van der Waals surface area contributed by atoms with Crippen LogP contribution in [0.2, 0.25) is 0 Å². The maximum absolute atomic E-state index is 12.6. The molecule has 98 valence electrons. The molecule has 0 aliphatic rings. The van der Waals surface area contributed by atoms with Crippen molar-refractivity contribution in [2.24, 2.45) is 0 Å². The summed E-state index contributed by atoms with van der Waals surface area (Å²) in [7, 11) is 0. The first-order chi connectivity index (χ1) is 9.15. The number of carbonyl (C=O) groups excluding carboxylic acids is 1. The van der Waals surface area contributed by atoms with Crippen molar-refractivity contribution in [3.63, 3.8) is 0 Å². The number of aromatic nitrogens is 1. The fraction of sp³-hybridized carbons (Fsp3) is 0.0769. The molecule has 0 fully saturated rings. The number of pyridine rings is 1. The van der Waals surface area contributed by atoms with Gasteiger partial charge in [0.25, 0.3) is 5.91 Å². The molecule has 0 unspecified atom stereocenters. The van der Waals surface area contributed by atoms with E-state index in [2.05, 4.69) is 10.3 Å². The van der Waals surface area contributed by atoms with Crippen LogP contribution >= 0.6 is 0 Å². The summed E-state index contributed by atoms with van der Waals surface area (Å²) in [5, 5.41) is 2.52. The molecule has 0 atom stereocenters. The highest BCUT2D eigenvalue weighted by Gasteiger charge is 2.05. The van der Waals surface area contributed by atoms with Crippen molar-refractivity contribution >= 4 is 17.3 Å². The zero-order valence-electron chi connectivity index (χ0n) is 9.97. The third kappa shape index (κ3) is 3.67. The molecular formula is C13H12FN3O2. The average molecular weight is 261 g/mol. The molecule has 19 heavy (non-hydrogen) atoms. The van der Waals surface area contributed by atoms with E-state index in [1.54, 1.807) is 24.3 Å². The van der Waals surface area contributed by atoms with Crippen LogP contribution in [0.5, 0.6) is 5.75 Å². The Bertz CT molecular complexity index is 572. The predicted octanol–water partition coefficient (Wildman–Crippen LogP) is 1.82. The third-order valence-electron chi connectivity index (χ3n) is 2.29. The number of carbonyl (C=O) groups is 1. The van der Waals surface area contributed by atoms with E-state index in [-0.39, 0.29) is 12.5 Å². The molecule has 0 bridgehead atoms. The van der Waals surface area contributed by atoms with Crippen molar-refractivity contribution in [3.05, 3.63) is 48.5 Å². The van der Waals surface area contributed by atoms with Gasteiger partial charge in [-0.05, 0) is 24.3 Å². The first-order valence-electron chi connectivity index (χ1n) is 5.54. The lowest BCUT2D eigenvalue weighted by atomic mass is 10.3. The smallest absolute Gasteiger partial charge is 0.262 e. The van der Waals surface area contributed by atoms with Gasteiger partial charge in [-0.15, -0.1) is 0 Å². The minimum absolute atomic E-state index is 0.189. The predicted molar refractivity (Wildman–Crippen MR) is 69.2 cm³/mol. The lowest BCUT2D eigenvalue weighted by Crippen LogP contribution is -2.20. The van der Waals surface area contributed by atoms with Crippen LogP contribution in [-0.4, -0.2) is 17.5 Å². The van der Waals surface area contributed by atoms with Crippen LogP contribution in [-0.2, 0) is 4.79 Å². The van der Waals surface area contributed by atoms with Crippen molar-refractivity contribution in [2.75, 3.05) is 17.7 Å². The molecule has 3 N–H and O–H groups in total. The summed E-state index contributed by atoms with van der Waals surface area (Å²) in [6.07, 6.45) is 1.23. The Kier molecular flexibility index (Phi) is 3.92. The van der Waals surface area contributed by atoms with Crippen LogP contribution in [0.4, 0.5) is 15.8 Å². The Morgan fingerprint density at radius 3 is 2.79 bits per heavy atom. The van der Waals surface area contributed by atoms with Crippen molar-refractivity contribution in [3.8, 4) is 5.75 Å². The number of hydrogen-bond acceptors (Lipinski definition) is 4. The molecule has 6 heteroatoms. The molecule has 0 spiro atoms. The van der Waals surface area contributed by atoms with Crippen LogP contribution in [0.25, 0.3) is 0 Å². The lowest BCUT2D eigenvalue weighted by molar-refractivity contribution is -0.118. The summed E-state index contributed by atoms with van der Waals surface area (Å²) >= 11 is 0. The Labute approximate surface area is 109 Å². The van der Waals surface area contributed by atoms with Crippen molar-refractivity contribution < 1.29 is 13.9 Å².